The fraction of sp³-hybridized carbons (Fsp3) is 0.643. The topological polar surface area (TPSA) is 107 Å². The summed E-state index contributed by atoms with van der Waals surface area (Å²) in [6, 6.07) is -0.944. The number of imidazole rings is 1. The standard InChI is InChI=1S/C14H24N4O3/c1-2-3-4-6-15-7-5-13(19)18-12(14(20)21)8-11-9-16-10-17-11/h9-10,12,15H,2-8H2,1H3,(H,16,17)(H,18,19)(H,20,21)/t12-/m0/s1. The summed E-state index contributed by atoms with van der Waals surface area (Å²) in [5, 5.41) is 14.8. The lowest BCUT2D eigenvalue weighted by molar-refractivity contribution is -0.141. The van der Waals surface area contributed by atoms with E-state index in [2.05, 4.69) is 27.5 Å². The molecule has 1 heterocycles. The first-order valence-corrected chi connectivity index (χ1v) is 7.34. The molecule has 4 N–H and O–H groups in total. The van der Waals surface area contributed by atoms with Crippen molar-refractivity contribution < 1.29 is 14.7 Å². The molecule has 0 aliphatic rings. The zero-order valence-electron chi connectivity index (χ0n) is 12.4. The number of carbonyl (C=O) groups excluding carboxylic acids is 1. The monoisotopic (exact) mass is 296 g/mol. The number of aliphatic carboxylic acids is 1. The van der Waals surface area contributed by atoms with Crippen LogP contribution in [0.15, 0.2) is 12.5 Å². The van der Waals surface area contributed by atoms with Gasteiger partial charge in [0.05, 0.1) is 12.0 Å². The number of hydrogen-bond acceptors (Lipinski definition) is 4. The molecule has 1 aromatic heterocycles. The van der Waals surface area contributed by atoms with Gasteiger partial charge in [0.2, 0.25) is 5.91 Å². The molecule has 1 rings (SSSR count). The maximum absolute atomic E-state index is 11.7. The summed E-state index contributed by atoms with van der Waals surface area (Å²) in [6.07, 6.45) is 6.98. The Morgan fingerprint density at radius 3 is 2.81 bits per heavy atom. The molecule has 0 spiro atoms. The molecular weight excluding hydrogens is 272 g/mol. The second-order valence-electron chi connectivity index (χ2n) is 4.93. The summed E-state index contributed by atoms with van der Waals surface area (Å²) < 4.78 is 0. The second-order valence-corrected chi connectivity index (χ2v) is 4.93. The van der Waals surface area contributed by atoms with Crippen LogP contribution in [0.2, 0.25) is 0 Å². The number of nitrogens with one attached hydrogen (secondary N) is 3. The van der Waals surface area contributed by atoms with Crippen LogP contribution in [0.25, 0.3) is 0 Å². The molecule has 7 heteroatoms. The summed E-state index contributed by atoms with van der Waals surface area (Å²) in [5.41, 5.74) is 0.611. The molecule has 1 atom stereocenters. The van der Waals surface area contributed by atoms with E-state index < -0.39 is 12.0 Å². The van der Waals surface area contributed by atoms with Gasteiger partial charge in [-0.3, -0.25) is 4.79 Å². The third-order valence-corrected chi connectivity index (χ3v) is 3.09. The highest BCUT2D eigenvalue weighted by Gasteiger charge is 2.20. The van der Waals surface area contributed by atoms with Crippen molar-refractivity contribution in [3.63, 3.8) is 0 Å². The van der Waals surface area contributed by atoms with Gasteiger partial charge in [-0.05, 0) is 13.0 Å². The molecule has 0 unspecified atom stereocenters. The van der Waals surface area contributed by atoms with Crippen LogP contribution in [-0.2, 0) is 16.0 Å². The molecule has 7 nitrogen and oxygen atoms in total. The van der Waals surface area contributed by atoms with Gasteiger partial charge in [0.15, 0.2) is 0 Å². The van der Waals surface area contributed by atoms with Crippen molar-refractivity contribution >= 4 is 11.9 Å². The smallest absolute Gasteiger partial charge is 0.326 e. The first kappa shape index (κ1) is 17.2. The van der Waals surface area contributed by atoms with Gasteiger partial charge in [0.25, 0.3) is 0 Å². The van der Waals surface area contributed by atoms with E-state index in [4.69, 9.17) is 5.11 Å². The summed E-state index contributed by atoms with van der Waals surface area (Å²) in [6.45, 7) is 3.58. The number of amides is 1. The first-order valence-electron chi connectivity index (χ1n) is 7.34. The molecule has 0 saturated carbocycles. The second kappa shape index (κ2) is 9.93. The molecular formula is C14H24N4O3. The van der Waals surface area contributed by atoms with Gasteiger partial charge in [0.1, 0.15) is 6.04 Å². The van der Waals surface area contributed by atoms with E-state index in [1.54, 1.807) is 6.20 Å². The van der Waals surface area contributed by atoms with Gasteiger partial charge in [-0.2, -0.15) is 0 Å². The molecule has 0 bridgehead atoms. The van der Waals surface area contributed by atoms with Crippen LogP contribution in [0.3, 0.4) is 0 Å². The van der Waals surface area contributed by atoms with Crippen LogP contribution in [0.5, 0.6) is 0 Å². The predicted octanol–water partition coefficient (Wildman–Crippen LogP) is 0.691. The highest BCUT2D eigenvalue weighted by Crippen LogP contribution is 1.99. The lowest BCUT2D eigenvalue weighted by Gasteiger charge is -2.13. The number of nitrogens with zero attached hydrogens (tertiary/aromatic N) is 1. The van der Waals surface area contributed by atoms with Gasteiger partial charge in [-0.25, -0.2) is 9.78 Å². The lowest BCUT2D eigenvalue weighted by Crippen LogP contribution is -2.43. The average Bonchev–Trinajstić information content (AvgIpc) is 2.95. The molecule has 1 aromatic rings. The average molecular weight is 296 g/mol. The first-order chi connectivity index (χ1) is 10.1. The van der Waals surface area contributed by atoms with E-state index in [1.807, 2.05) is 0 Å². The number of rotatable bonds is 11. The summed E-state index contributed by atoms with van der Waals surface area (Å²) in [5.74, 6) is -1.32. The van der Waals surface area contributed by atoms with E-state index in [0.717, 1.165) is 19.4 Å². The van der Waals surface area contributed by atoms with Crippen molar-refractivity contribution in [1.29, 1.82) is 0 Å². The van der Waals surface area contributed by atoms with Crippen LogP contribution < -0.4 is 10.6 Å². The SMILES string of the molecule is CCCCCNCCC(=O)N[C@@H](Cc1c[nH]cn1)C(=O)O. The predicted molar refractivity (Wildman–Crippen MR) is 78.9 cm³/mol. The number of hydrogen-bond donors (Lipinski definition) is 4. The molecule has 0 aliphatic carbocycles. The number of carbonyl (C=O) groups is 2. The maximum Gasteiger partial charge on any atom is 0.326 e. The minimum absolute atomic E-state index is 0.175. The Morgan fingerprint density at radius 1 is 1.38 bits per heavy atom. The molecule has 118 valence electrons. The highest BCUT2D eigenvalue weighted by molar-refractivity contribution is 5.83. The lowest BCUT2D eigenvalue weighted by atomic mass is 10.1. The minimum Gasteiger partial charge on any atom is -0.480 e. The summed E-state index contributed by atoms with van der Waals surface area (Å²) in [4.78, 5) is 29.6. The fourth-order valence-electron chi connectivity index (χ4n) is 1.91. The van der Waals surface area contributed by atoms with E-state index >= 15 is 0 Å². The molecule has 0 saturated heterocycles. The minimum atomic E-state index is -1.05. The van der Waals surface area contributed by atoms with Gasteiger partial charge < -0.3 is 20.7 Å². The van der Waals surface area contributed by atoms with E-state index in [9.17, 15) is 9.59 Å². The van der Waals surface area contributed by atoms with Crippen LogP contribution in [-0.4, -0.2) is 46.1 Å². The van der Waals surface area contributed by atoms with Gasteiger partial charge >= 0.3 is 5.97 Å². The largest absolute Gasteiger partial charge is 0.480 e. The molecule has 1 amide bonds. The number of aromatic amines is 1. The maximum atomic E-state index is 11.7. The van der Waals surface area contributed by atoms with Crippen molar-refractivity contribution in [3.8, 4) is 0 Å². The van der Waals surface area contributed by atoms with Gasteiger partial charge in [-0.15, -0.1) is 0 Å². The summed E-state index contributed by atoms with van der Waals surface area (Å²) in [7, 11) is 0. The van der Waals surface area contributed by atoms with Crippen LogP contribution in [0.4, 0.5) is 0 Å². The van der Waals surface area contributed by atoms with Crippen LogP contribution in [0, 0.1) is 0 Å². The Morgan fingerprint density at radius 2 is 2.19 bits per heavy atom. The third kappa shape index (κ3) is 7.45. The van der Waals surface area contributed by atoms with Gasteiger partial charge in [0, 0.05) is 25.6 Å². The van der Waals surface area contributed by atoms with Gasteiger partial charge in [-0.1, -0.05) is 19.8 Å². The Hall–Kier alpha value is -1.89. The normalized spacial score (nSPS) is 12.0. The van der Waals surface area contributed by atoms with Crippen molar-refractivity contribution in [3.05, 3.63) is 18.2 Å². The van der Waals surface area contributed by atoms with E-state index in [-0.39, 0.29) is 18.7 Å². The van der Waals surface area contributed by atoms with Crippen molar-refractivity contribution in [2.45, 2.75) is 45.1 Å². The molecule has 21 heavy (non-hydrogen) atoms. The number of aromatic nitrogens is 2. The van der Waals surface area contributed by atoms with Crippen molar-refractivity contribution in [1.82, 2.24) is 20.6 Å². The molecule has 0 aromatic carbocycles. The quantitative estimate of drug-likeness (QED) is 0.449. The zero-order valence-corrected chi connectivity index (χ0v) is 12.4. The van der Waals surface area contributed by atoms with Crippen LogP contribution in [0.1, 0.15) is 38.3 Å². The highest BCUT2D eigenvalue weighted by atomic mass is 16.4. The number of unbranched alkanes of at least 4 members (excludes halogenated alkanes) is 2. The van der Waals surface area contributed by atoms with E-state index in [0.29, 0.717) is 12.2 Å². The number of H-pyrrole nitrogens is 1. The van der Waals surface area contributed by atoms with Crippen molar-refractivity contribution in [2.75, 3.05) is 13.1 Å². The third-order valence-electron chi connectivity index (χ3n) is 3.09. The summed E-state index contributed by atoms with van der Waals surface area (Å²) >= 11 is 0. The Bertz CT molecular complexity index is 420. The fourth-order valence-corrected chi connectivity index (χ4v) is 1.91. The molecule has 0 aliphatic heterocycles. The van der Waals surface area contributed by atoms with E-state index in [1.165, 1.54) is 12.7 Å². The Balaban J connectivity index is 2.24. The number of carboxylic acids is 1. The van der Waals surface area contributed by atoms with Crippen LogP contribution >= 0.6 is 0 Å². The molecule has 0 fully saturated rings. The Labute approximate surface area is 124 Å². The number of carboxylic acid groups (broad SMARTS) is 1. The Kier molecular flexibility index (Phi) is 8.11. The van der Waals surface area contributed by atoms with Crippen molar-refractivity contribution in [2.24, 2.45) is 0 Å². The molecule has 0 radical (unpaired) electrons. The zero-order chi connectivity index (χ0) is 15.5.